The summed E-state index contributed by atoms with van der Waals surface area (Å²) in [5.74, 6) is 0. The Morgan fingerprint density at radius 1 is 1.33 bits per heavy atom. The molecule has 1 unspecified atom stereocenters. The third kappa shape index (κ3) is 2.77. The Labute approximate surface area is 114 Å². The molecule has 1 aromatic carbocycles. The van der Waals surface area contributed by atoms with Crippen LogP contribution in [0.15, 0.2) is 36.5 Å². The minimum atomic E-state index is 0.337. The molecule has 2 nitrogen and oxygen atoms in total. The van der Waals surface area contributed by atoms with E-state index in [9.17, 15) is 0 Å². The van der Waals surface area contributed by atoms with Crippen molar-refractivity contribution in [3.05, 3.63) is 58.4 Å². The van der Waals surface area contributed by atoms with Crippen LogP contribution in [0.3, 0.4) is 0 Å². The van der Waals surface area contributed by atoms with Gasteiger partial charge >= 0.3 is 0 Å². The van der Waals surface area contributed by atoms with Crippen molar-refractivity contribution < 1.29 is 0 Å². The summed E-state index contributed by atoms with van der Waals surface area (Å²) in [4.78, 5) is 0. The maximum atomic E-state index is 6.28. The van der Waals surface area contributed by atoms with Crippen LogP contribution in [0, 0.1) is 6.92 Å². The van der Waals surface area contributed by atoms with Crippen LogP contribution in [-0.2, 0) is 6.54 Å². The molecule has 0 spiro atoms. The number of aryl methyl sites for hydroxylation is 1. The van der Waals surface area contributed by atoms with Crippen molar-refractivity contribution in [3.63, 3.8) is 0 Å². The van der Waals surface area contributed by atoms with Gasteiger partial charge in [-0.1, -0.05) is 23.7 Å². The molecule has 2 aromatic rings. The molecule has 1 aromatic heterocycles. The van der Waals surface area contributed by atoms with Crippen LogP contribution in [-0.4, -0.2) is 11.6 Å². The monoisotopic (exact) mass is 262 g/mol. The van der Waals surface area contributed by atoms with Gasteiger partial charge in [0.05, 0.1) is 0 Å². The molecule has 0 fully saturated rings. The zero-order valence-corrected chi connectivity index (χ0v) is 11.8. The summed E-state index contributed by atoms with van der Waals surface area (Å²) < 4.78 is 2.23. The van der Waals surface area contributed by atoms with Crippen molar-refractivity contribution in [2.75, 3.05) is 7.05 Å². The number of rotatable bonds is 4. The lowest BCUT2D eigenvalue weighted by molar-refractivity contribution is 0.589. The highest BCUT2D eigenvalue weighted by atomic mass is 35.5. The largest absolute Gasteiger partial charge is 0.346 e. The van der Waals surface area contributed by atoms with E-state index >= 15 is 0 Å². The molecule has 1 atom stereocenters. The molecule has 1 heterocycles. The van der Waals surface area contributed by atoms with Crippen molar-refractivity contribution >= 4 is 11.6 Å². The van der Waals surface area contributed by atoms with Crippen LogP contribution < -0.4 is 5.32 Å². The van der Waals surface area contributed by atoms with Crippen molar-refractivity contribution in [2.45, 2.75) is 26.4 Å². The summed E-state index contributed by atoms with van der Waals surface area (Å²) in [6.45, 7) is 5.02. The first-order valence-corrected chi connectivity index (χ1v) is 6.57. The SMILES string of the molecule is CNC(C)c1cccn1Cc1ccc(C)cc1Cl. The second-order valence-corrected chi connectivity index (χ2v) is 5.07. The maximum absolute atomic E-state index is 6.28. The van der Waals surface area contributed by atoms with E-state index in [-0.39, 0.29) is 0 Å². The lowest BCUT2D eigenvalue weighted by atomic mass is 10.1. The zero-order valence-electron chi connectivity index (χ0n) is 11.1. The normalized spacial score (nSPS) is 12.7. The van der Waals surface area contributed by atoms with Gasteiger partial charge in [-0.3, -0.25) is 0 Å². The molecular formula is C15H19ClN2. The second-order valence-electron chi connectivity index (χ2n) is 4.67. The fourth-order valence-electron chi connectivity index (χ4n) is 2.08. The smallest absolute Gasteiger partial charge is 0.0488 e. The zero-order chi connectivity index (χ0) is 13.1. The highest BCUT2D eigenvalue weighted by molar-refractivity contribution is 6.31. The molecule has 96 valence electrons. The molecule has 2 rings (SSSR count). The van der Waals surface area contributed by atoms with E-state index in [1.54, 1.807) is 0 Å². The fraction of sp³-hybridized carbons (Fsp3) is 0.333. The van der Waals surface area contributed by atoms with Crippen molar-refractivity contribution in [3.8, 4) is 0 Å². The Balaban J connectivity index is 2.26. The number of aromatic nitrogens is 1. The molecule has 18 heavy (non-hydrogen) atoms. The van der Waals surface area contributed by atoms with Gasteiger partial charge < -0.3 is 9.88 Å². The quantitative estimate of drug-likeness (QED) is 0.887. The molecule has 0 saturated carbocycles. The number of hydrogen-bond acceptors (Lipinski definition) is 1. The van der Waals surface area contributed by atoms with Crippen molar-refractivity contribution in [1.29, 1.82) is 0 Å². The average molecular weight is 263 g/mol. The van der Waals surface area contributed by atoms with Gasteiger partial charge in [0.25, 0.3) is 0 Å². The first kappa shape index (κ1) is 13.2. The van der Waals surface area contributed by atoms with Crippen molar-refractivity contribution in [1.82, 2.24) is 9.88 Å². The van der Waals surface area contributed by atoms with Crippen LogP contribution >= 0.6 is 11.6 Å². The van der Waals surface area contributed by atoms with Gasteiger partial charge in [0.1, 0.15) is 0 Å². The number of halogens is 1. The van der Waals surface area contributed by atoms with Crippen LogP contribution in [0.2, 0.25) is 5.02 Å². The number of hydrogen-bond donors (Lipinski definition) is 1. The molecule has 0 aliphatic rings. The highest BCUT2D eigenvalue weighted by Crippen LogP contribution is 2.21. The van der Waals surface area contributed by atoms with Gasteiger partial charge in [-0.25, -0.2) is 0 Å². The summed E-state index contributed by atoms with van der Waals surface area (Å²) in [5.41, 5.74) is 3.62. The summed E-state index contributed by atoms with van der Waals surface area (Å²) in [6, 6.07) is 10.8. The second kappa shape index (κ2) is 5.59. The predicted molar refractivity (Wildman–Crippen MR) is 77.2 cm³/mol. The third-order valence-corrected chi connectivity index (χ3v) is 3.64. The van der Waals surface area contributed by atoms with Crippen molar-refractivity contribution in [2.24, 2.45) is 0 Å². The minimum Gasteiger partial charge on any atom is -0.346 e. The van der Waals surface area contributed by atoms with E-state index in [0.717, 1.165) is 17.1 Å². The molecule has 0 aliphatic carbocycles. The van der Waals surface area contributed by atoms with Gasteiger partial charge in [0.2, 0.25) is 0 Å². The molecule has 0 bridgehead atoms. The Morgan fingerprint density at radius 2 is 2.11 bits per heavy atom. The first-order chi connectivity index (χ1) is 8.61. The summed E-state index contributed by atoms with van der Waals surface area (Å²) in [6.07, 6.45) is 2.10. The maximum Gasteiger partial charge on any atom is 0.0488 e. The molecule has 0 aliphatic heterocycles. The van der Waals surface area contributed by atoms with Gasteiger partial charge in [0, 0.05) is 29.5 Å². The summed E-state index contributed by atoms with van der Waals surface area (Å²) >= 11 is 6.28. The van der Waals surface area contributed by atoms with Gasteiger partial charge in [-0.15, -0.1) is 0 Å². The van der Waals surface area contributed by atoms with Gasteiger partial charge in [-0.2, -0.15) is 0 Å². The minimum absolute atomic E-state index is 0.337. The fourth-order valence-corrected chi connectivity index (χ4v) is 2.37. The van der Waals surface area contributed by atoms with Crippen LogP contribution in [0.1, 0.15) is 29.8 Å². The van der Waals surface area contributed by atoms with E-state index in [4.69, 9.17) is 11.6 Å². The van der Waals surface area contributed by atoms with Crippen LogP contribution in [0.25, 0.3) is 0 Å². The highest BCUT2D eigenvalue weighted by Gasteiger charge is 2.09. The van der Waals surface area contributed by atoms with Gasteiger partial charge in [0.15, 0.2) is 0 Å². The third-order valence-electron chi connectivity index (χ3n) is 3.29. The Bertz CT molecular complexity index is 531. The van der Waals surface area contributed by atoms with E-state index in [0.29, 0.717) is 6.04 Å². The summed E-state index contributed by atoms with van der Waals surface area (Å²) in [5, 5.41) is 4.10. The lowest BCUT2D eigenvalue weighted by Crippen LogP contribution is -2.17. The van der Waals surface area contributed by atoms with Crippen LogP contribution in [0.5, 0.6) is 0 Å². The molecule has 3 heteroatoms. The summed E-state index contributed by atoms with van der Waals surface area (Å²) in [7, 11) is 1.97. The Kier molecular flexibility index (Phi) is 4.10. The van der Waals surface area contributed by atoms with E-state index in [2.05, 4.69) is 54.2 Å². The molecule has 1 N–H and O–H groups in total. The van der Waals surface area contributed by atoms with Crippen LogP contribution in [0.4, 0.5) is 0 Å². The van der Waals surface area contributed by atoms with E-state index < -0.39 is 0 Å². The van der Waals surface area contributed by atoms with E-state index in [1.807, 2.05) is 13.1 Å². The Morgan fingerprint density at radius 3 is 2.78 bits per heavy atom. The number of nitrogens with one attached hydrogen (secondary N) is 1. The average Bonchev–Trinajstić information content (AvgIpc) is 2.80. The predicted octanol–water partition coefficient (Wildman–Crippen LogP) is 3.78. The number of benzene rings is 1. The topological polar surface area (TPSA) is 17.0 Å². The first-order valence-electron chi connectivity index (χ1n) is 6.19. The number of nitrogens with zero attached hydrogens (tertiary/aromatic N) is 1. The van der Waals surface area contributed by atoms with Gasteiger partial charge in [-0.05, 0) is 50.2 Å². The van der Waals surface area contributed by atoms with E-state index in [1.165, 1.54) is 11.3 Å². The standard InChI is InChI=1S/C15H19ClN2/c1-11-6-7-13(14(16)9-11)10-18-8-4-5-15(18)12(2)17-3/h4-9,12,17H,10H2,1-3H3. The Hall–Kier alpha value is -1.25. The molecular weight excluding hydrogens is 244 g/mol. The molecule has 0 amide bonds. The molecule has 0 saturated heterocycles. The molecule has 0 radical (unpaired) electrons. The lowest BCUT2D eigenvalue weighted by Gasteiger charge is -2.15.